The van der Waals surface area contributed by atoms with Crippen LogP contribution < -0.4 is 20.8 Å². The molecule has 9 nitrogen and oxygen atoms in total. The minimum Gasteiger partial charge on any atom is -0.487 e. The average Bonchev–Trinajstić information content (AvgIpc) is 2.87. The average molecular weight is 391 g/mol. The summed E-state index contributed by atoms with van der Waals surface area (Å²) in [5.41, 5.74) is 0.435. The molecule has 0 saturated heterocycles. The predicted octanol–water partition coefficient (Wildman–Crippen LogP) is 1.07. The van der Waals surface area contributed by atoms with Gasteiger partial charge in [-0.05, 0) is 31.2 Å². The maximum atomic E-state index is 12.7. The van der Waals surface area contributed by atoms with E-state index in [1.165, 1.54) is 16.9 Å². The van der Waals surface area contributed by atoms with Gasteiger partial charge >= 0.3 is 0 Å². The molecule has 29 heavy (non-hydrogen) atoms. The van der Waals surface area contributed by atoms with Crippen molar-refractivity contribution in [2.24, 2.45) is 0 Å². The Bertz CT molecular complexity index is 1140. The number of ether oxygens (including phenoxy) is 1. The van der Waals surface area contributed by atoms with Crippen LogP contribution in [0.5, 0.6) is 5.75 Å². The van der Waals surface area contributed by atoms with Crippen molar-refractivity contribution in [3.05, 3.63) is 76.3 Å². The molecule has 3 aromatic rings. The molecule has 3 heterocycles. The summed E-state index contributed by atoms with van der Waals surface area (Å²) in [4.78, 5) is 41.5. The third-order valence-electron chi connectivity index (χ3n) is 4.36. The zero-order valence-electron chi connectivity index (χ0n) is 15.5. The topological polar surface area (TPSA) is 115 Å². The molecule has 146 valence electrons. The van der Waals surface area contributed by atoms with E-state index in [-0.39, 0.29) is 18.1 Å². The highest BCUT2D eigenvalue weighted by Crippen LogP contribution is 2.23. The summed E-state index contributed by atoms with van der Waals surface area (Å²) in [6.45, 7) is 1.62. The van der Waals surface area contributed by atoms with Gasteiger partial charge in [0.1, 0.15) is 12.6 Å². The Morgan fingerprint density at radius 1 is 1.21 bits per heavy atom. The molecule has 2 aromatic heterocycles. The van der Waals surface area contributed by atoms with Crippen molar-refractivity contribution >= 4 is 17.6 Å². The lowest BCUT2D eigenvalue weighted by Crippen LogP contribution is -2.48. The number of hydrogen-bond donors (Lipinski definition) is 2. The van der Waals surface area contributed by atoms with Gasteiger partial charge in [0.15, 0.2) is 17.3 Å². The van der Waals surface area contributed by atoms with E-state index in [1.54, 1.807) is 19.1 Å². The minimum absolute atomic E-state index is 0.102. The monoisotopic (exact) mass is 391 g/mol. The lowest BCUT2D eigenvalue weighted by Gasteiger charge is -2.15. The summed E-state index contributed by atoms with van der Waals surface area (Å²) in [6.07, 6.45) is 1.52. The SMILES string of the molecule is Cc1cc(=O)c(C(=O)NC2COc3cccnc3NC2=O)nn1-c1ccccc1. The third-order valence-corrected chi connectivity index (χ3v) is 4.36. The molecule has 1 atom stereocenters. The summed E-state index contributed by atoms with van der Waals surface area (Å²) < 4.78 is 7.05. The summed E-state index contributed by atoms with van der Waals surface area (Å²) >= 11 is 0. The number of anilines is 1. The fourth-order valence-corrected chi connectivity index (χ4v) is 2.92. The van der Waals surface area contributed by atoms with Gasteiger partial charge in [-0.2, -0.15) is 5.10 Å². The largest absolute Gasteiger partial charge is 0.487 e. The van der Waals surface area contributed by atoms with Gasteiger partial charge in [0.05, 0.1) is 5.69 Å². The number of hydrogen-bond acceptors (Lipinski definition) is 6. The number of carbonyl (C=O) groups excluding carboxylic acids is 2. The highest BCUT2D eigenvalue weighted by atomic mass is 16.5. The molecule has 1 aromatic carbocycles. The summed E-state index contributed by atoms with van der Waals surface area (Å²) in [5.74, 6) is -0.583. The first-order valence-electron chi connectivity index (χ1n) is 8.89. The van der Waals surface area contributed by atoms with Gasteiger partial charge in [-0.15, -0.1) is 0 Å². The highest BCUT2D eigenvalue weighted by Gasteiger charge is 2.28. The molecule has 0 bridgehead atoms. The highest BCUT2D eigenvalue weighted by molar-refractivity contribution is 6.01. The minimum atomic E-state index is -1.01. The maximum absolute atomic E-state index is 12.7. The van der Waals surface area contributed by atoms with E-state index in [9.17, 15) is 14.4 Å². The molecule has 2 N–H and O–H groups in total. The first-order chi connectivity index (χ1) is 14.0. The third kappa shape index (κ3) is 3.70. The van der Waals surface area contributed by atoms with Crippen LogP contribution in [0.15, 0.2) is 59.5 Å². The van der Waals surface area contributed by atoms with Crippen LogP contribution in [-0.2, 0) is 4.79 Å². The van der Waals surface area contributed by atoms with Gasteiger partial charge < -0.3 is 15.4 Å². The first kappa shape index (κ1) is 18.4. The summed E-state index contributed by atoms with van der Waals surface area (Å²) in [5, 5.41) is 9.32. The number of nitrogens with zero attached hydrogens (tertiary/aromatic N) is 3. The van der Waals surface area contributed by atoms with Crippen LogP contribution in [0, 0.1) is 6.92 Å². The van der Waals surface area contributed by atoms with E-state index in [1.807, 2.05) is 30.3 Å². The smallest absolute Gasteiger partial charge is 0.276 e. The van der Waals surface area contributed by atoms with Crippen LogP contribution in [0.2, 0.25) is 0 Å². The number of pyridine rings is 1. The molecule has 0 aliphatic carbocycles. The van der Waals surface area contributed by atoms with E-state index in [0.717, 1.165) is 0 Å². The van der Waals surface area contributed by atoms with Crippen molar-refractivity contribution < 1.29 is 14.3 Å². The van der Waals surface area contributed by atoms with Gasteiger partial charge in [-0.25, -0.2) is 9.67 Å². The lowest BCUT2D eigenvalue weighted by molar-refractivity contribution is -0.118. The zero-order valence-corrected chi connectivity index (χ0v) is 15.5. The van der Waals surface area contributed by atoms with Crippen LogP contribution in [0.3, 0.4) is 0 Å². The second kappa shape index (κ2) is 7.55. The van der Waals surface area contributed by atoms with Gasteiger partial charge in [-0.1, -0.05) is 18.2 Å². The normalized spacial score (nSPS) is 15.5. The molecular weight excluding hydrogens is 374 g/mol. The second-order valence-corrected chi connectivity index (χ2v) is 6.42. The van der Waals surface area contributed by atoms with Crippen LogP contribution >= 0.6 is 0 Å². The number of aromatic nitrogens is 3. The molecular formula is C20H17N5O4. The lowest BCUT2D eigenvalue weighted by atomic mass is 10.2. The second-order valence-electron chi connectivity index (χ2n) is 6.42. The maximum Gasteiger partial charge on any atom is 0.276 e. The Morgan fingerprint density at radius 2 is 2.00 bits per heavy atom. The van der Waals surface area contributed by atoms with Crippen molar-refractivity contribution in [1.29, 1.82) is 0 Å². The van der Waals surface area contributed by atoms with E-state index in [4.69, 9.17) is 4.74 Å². The number of para-hydroxylation sites is 1. The molecule has 0 saturated carbocycles. The first-order valence-corrected chi connectivity index (χ1v) is 8.89. The molecule has 2 amide bonds. The molecule has 9 heteroatoms. The molecule has 0 radical (unpaired) electrons. The summed E-state index contributed by atoms with van der Waals surface area (Å²) in [7, 11) is 0. The van der Waals surface area contributed by atoms with E-state index in [0.29, 0.717) is 17.1 Å². The van der Waals surface area contributed by atoms with Crippen LogP contribution in [0.4, 0.5) is 5.82 Å². The Kier molecular flexibility index (Phi) is 4.78. The molecule has 1 aliphatic rings. The molecule has 1 aliphatic heterocycles. The zero-order chi connectivity index (χ0) is 20.4. The van der Waals surface area contributed by atoms with Gasteiger partial charge in [0.2, 0.25) is 5.43 Å². The van der Waals surface area contributed by atoms with Gasteiger partial charge in [0, 0.05) is 18.0 Å². The molecule has 0 spiro atoms. The fourth-order valence-electron chi connectivity index (χ4n) is 2.92. The van der Waals surface area contributed by atoms with Crippen LogP contribution in [-0.4, -0.2) is 39.2 Å². The number of fused-ring (bicyclic) bond motifs is 1. The Morgan fingerprint density at radius 3 is 2.79 bits per heavy atom. The van der Waals surface area contributed by atoms with Crippen molar-refractivity contribution in [2.75, 3.05) is 11.9 Å². The van der Waals surface area contributed by atoms with Crippen molar-refractivity contribution in [3.8, 4) is 11.4 Å². The van der Waals surface area contributed by atoms with Crippen molar-refractivity contribution in [3.63, 3.8) is 0 Å². The number of rotatable bonds is 3. The van der Waals surface area contributed by atoms with Crippen molar-refractivity contribution in [2.45, 2.75) is 13.0 Å². The van der Waals surface area contributed by atoms with E-state index >= 15 is 0 Å². The quantitative estimate of drug-likeness (QED) is 0.690. The Labute approximate surface area is 165 Å². The van der Waals surface area contributed by atoms with Crippen LogP contribution in [0.1, 0.15) is 16.2 Å². The molecule has 1 unspecified atom stereocenters. The standard InChI is InChI=1S/C20H17N5O4/c1-12-10-15(26)17(24-25(12)13-6-3-2-4-7-13)20(28)22-14-11-29-16-8-5-9-21-18(16)23-19(14)27/h2-10,14H,11H2,1H3,(H,22,28)(H,21,23,27). The van der Waals surface area contributed by atoms with Crippen molar-refractivity contribution in [1.82, 2.24) is 20.1 Å². The number of benzene rings is 1. The fraction of sp³-hybridized carbons (Fsp3) is 0.150. The predicted molar refractivity (Wildman–Crippen MR) is 104 cm³/mol. The number of amides is 2. The number of nitrogens with one attached hydrogen (secondary N) is 2. The summed E-state index contributed by atoms with van der Waals surface area (Å²) in [6, 6.07) is 12.8. The van der Waals surface area contributed by atoms with Gasteiger partial charge in [-0.3, -0.25) is 14.4 Å². The number of carbonyl (C=O) groups is 2. The number of aryl methyl sites for hydroxylation is 1. The molecule has 0 fully saturated rings. The van der Waals surface area contributed by atoms with Gasteiger partial charge in [0.25, 0.3) is 11.8 Å². The Hall–Kier alpha value is -4.01. The Balaban J connectivity index is 1.59. The van der Waals surface area contributed by atoms with E-state index < -0.39 is 23.3 Å². The van der Waals surface area contributed by atoms with E-state index in [2.05, 4.69) is 20.7 Å². The molecule has 4 rings (SSSR count). The van der Waals surface area contributed by atoms with Crippen LogP contribution in [0.25, 0.3) is 5.69 Å².